The lowest BCUT2D eigenvalue weighted by Crippen LogP contribution is -2.29. The summed E-state index contributed by atoms with van der Waals surface area (Å²) in [5, 5.41) is 3.03. The van der Waals surface area contributed by atoms with E-state index in [0.29, 0.717) is 25.3 Å². The van der Waals surface area contributed by atoms with E-state index in [1.807, 2.05) is 13.8 Å². The maximum absolute atomic E-state index is 13.4. The van der Waals surface area contributed by atoms with Gasteiger partial charge in [-0.1, -0.05) is 13.8 Å². The van der Waals surface area contributed by atoms with Crippen molar-refractivity contribution in [2.45, 2.75) is 39.0 Å². The molecule has 0 aromatic carbocycles. The Bertz CT molecular complexity index is 157. The van der Waals surface area contributed by atoms with Crippen molar-refractivity contribution < 1.29 is 8.78 Å². The molecular weight excluding hydrogens is 172 g/mol. The standard InChI is InChI=1S/C10H19F2N/c1-8(2)7-9-3-5-13-6-4-10(9,11)12/h8-9,13H,3-7H2,1-2H3. The average Bonchev–Trinajstić information content (AvgIpc) is 2.13. The summed E-state index contributed by atoms with van der Waals surface area (Å²) in [4.78, 5) is 0. The highest BCUT2D eigenvalue weighted by Gasteiger charge is 2.39. The van der Waals surface area contributed by atoms with Gasteiger partial charge in [-0.05, 0) is 25.3 Å². The monoisotopic (exact) mass is 191 g/mol. The highest BCUT2D eigenvalue weighted by molar-refractivity contribution is 4.82. The fourth-order valence-corrected chi connectivity index (χ4v) is 1.93. The quantitative estimate of drug-likeness (QED) is 0.707. The first-order valence-electron chi connectivity index (χ1n) is 5.11. The normalized spacial score (nSPS) is 28.8. The van der Waals surface area contributed by atoms with Crippen molar-refractivity contribution in [2.24, 2.45) is 11.8 Å². The molecule has 1 atom stereocenters. The van der Waals surface area contributed by atoms with Crippen molar-refractivity contribution in [2.75, 3.05) is 13.1 Å². The fourth-order valence-electron chi connectivity index (χ4n) is 1.93. The van der Waals surface area contributed by atoms with E-state index < -0.39 is 11.8 Å². The lowest BCUT2D eigenvalue weighted by atomic mass is 9.88. The molecule has 0 radical (unpaired) electrons. The van der Waals surface area contributed by atoms with Crippen molar-refractivity contribution >= 4 is 0 Å². The van der Waals surface area contributed by atoms with Gasteiger partial charge in [0.25, 0.3) is 5.92 Å². The van der Waals surface area contributed by atoms with Gasteiger partial charge in [-0.15, -0.1) is 0 Å². The molecule has 1 heterocycles. The van der Waals surface area contributed by atoms with E-state index in [1.165, 1.54) is 0 Å². The maximum atomic E-state index is 13.4. The Morgan fingerprint density at radius 3 is 2.69 bits per heavy atom. The smallest absolute Gasteiger partial charge is 0.252 e. The molecule has 1 nitrogen and oxygen atoms in total. The van der Waals surface area contributed by atoms with Gasteiger partial charge in [0, 0.05) is 18.9 Å². The minimum atomic E-state index is -2.45. The molecule has 0 amide bonds. The van der Waals surface area contributed by atoms with Crippen LogP contribution in [0, 0.1) is 11.8 Å². The molecule has 3 heteroatoms. The summed E-state index contributed by atoms with van der Waals surface area (Å²) in [7, 11) is 0. The van der Waals surface area contributed by atoms with Crippen molar-refractivity contribution in [3.63, 3.8) is 0 Å². The molecule has 1 aliphatic heterocycles. The predicted molar refractivity (Wildman–Crippen MR) is 50.0 cm³/mol. The molecule has 0 aromatic rings. The second-order valence-electron chi connectivity index (χ2n) is 4.38. The second kappa shape index (κ2) is 4.36. The third kappa shape index (κ3) is 3.22. The molecule has 1 fully saturated rings. The van der Waals surface area contributed by atoms with Crippen LogP contribution in [-0.4, -0.2) is 19.0 Å². The summed E-state index contributed by atoms with van der Waals surface area (Å²) in [6.45, 7) is 5.22. The molecule has 0 aromatic heterocycles. The molecule has 1 aliphatic rings. The largest absolute Gasteiger partial charge is 0.316 e. The van der Waals surface area contributed by atoms with Crippen LogP contribution in [0.25, 0.3) is 0 Å². The van der Waals surface area contributed by atoms with Gasteiger partial charge < -0.3 is 5.32 Å². The molecule has 0 bridgehead atoms. The van der Waals surface area contributed by atoms with Gasteiger partial charge in [-0.3, -0.25) is 0 Å². The van der Waals surface area contributed by atoms with Gasteiger partial charge in [0.05, 0.1) is 0 Å². The highest BCUT2D eigenvalue weighted by Crippen LogP contribution is 2.35. The molecular formula is C10H19F2N. The van der Waals surface area contributed by atoms with E-state index in [1.54, 1.807) is 0 Å². The third-order valence-corrected chi connectivity index (χ3v) is 2.66. The number of hydrogen-bond acceptors (Lipinski definition) is 1. The number of nitrogens with one attached hydrogen (secondary N) is 1. The van der Waals surface area contributed by atoms with E-state index in [-0.39, 0.29) is 6.42 Å². The lowest BCUT2D eigenvalue weighted by molar-refractivity contribution is -0.0669. The minimum Gasteiger partial charge on any atom is -0.316 e. The van der Waals surface area contributed by atoms with Crippen LogP contribution in [0.15, 0.2) is 0 Å². The Kier molecular flexibility index (Phi) is 3.65. The zero-order valence-corrected chi connectivity index (χ0v) is 8.45. The number of halogens is 2. The Balaban J connectivity index is 2.55. The number of hydrogen-bond donors (Lipinski definition) is 1. The molecule has 1 unspecified atom stereocenters. The van der Waals surface area contributed by atoms with E-state index in [9.17, 15) is 8.78 Å². The maximum Gasteiger partial charge on any atom is 0.252 e. The van der Waals surface area contributed by atoms with Gasteiger partial charge in [0.2, 0.25) is 0 Å². The zero-order chi connectivity index (χ0) is 9.90. The molecule has 1 N–H and O–H groups in total. The van der Waals surface area contributed by atoms with Crippen LogP contribution in [0.4, 0.5) is 8.78 Å². The van der Waals surface area contributed by atoms with E-state index >= 15 is 0 Å². The zero-order valence-electron chi connectivity index (χ0n) is 8.45. The van der Waals surface area contributed by atoms with Crippen molar-refractivity contribution in [3.8, 4) is 0 Å². The molecule has 0 aliphatic carbocycles. The topological polar surface area (TPSA) is 12.0 Å². The van der Waals surface area contributed by atoms with E-state index in [0.717, 1.165) is 6.54 Å². The van der Waals surface area contributed by atoms with Crippen molar-refractivity contribution in [3.05, 3.63) is 0 Å². The summed E-state index contributed by atoms with van der Waals surface area (Å²) in [6.07, 6.45) is 1.27. The predicted octanol–water partition coefficient (Wildman–Crippen LogP) is 2.67. The van der Waals surface area contributed by atoms with Crippen LogP contribution in [0.2, 0.25) is 0 Å². The van der Waals surface area contributed by atoms with Gasteiger partial charge in [-0.25, -0.2) is 8.78 Å². The average molecular weight is 191 g/mol. The molecule has 1 saturated heterocycles. The summed E-state index contributed by atoms with van der Waals surface area (Å²) in [5.74, 6) is -2.50. The summed E-state index contributed by atoms with van der Waals surface area (Å²) < 4.78 is 26.9. The number of alkyl halides is 2. The fraction of sp³-hybridized carbons (Fsp3) is 1.00. The van der Waals surface area contributed by atoms with Crippen molar-refractivity contribution in [1.29, 1.82) is 0 Å². The van der Waals surface area contributed by atoms with Gasteiger partial charge in [0.1, 0.15) is 0 Å². The van der Waals surface area contributed by atoms with Gasteiger partial charge in [-0.2, -0.15) is 0 Å². The van der Waals surface area contributed by atoms with Crippen LogP contribution in [0.1, 0.15) is 33.1 Å². The lowest BCUT2D eigenvalue weighted by Gasteiger charge is -2.25. The van der Waals surface area contributed by atoms with E-state index in [4.69, 9.17) is 0 Å². The van der Waals surface area contributed by atoms with E-state index in [2.05, 4.69) is 5.32 Å². The molecule has 1 rings (SSSR count). The second-order valence-corrected chi connectivity index (χ2v) is 4.38. The third-order valence-electron chi connectivity index (χ3n) is 2.66. The molecule has 78 valence electrons. The first-order chi connectivity index (χ1) is 6.02. The Labute approximate surface area is 78.9 Å². The summed E-state index contributed by atoms with van der Waals surface area (Å²) >= 11 is 0. The SMILES string of the molecule is CC(C)CC1CCNCCC1(F)F. The van der Waals surface area contributed by atoms with Crippen LogP contribution < -0.4 is 5.32 Å². The van der Waals surface area contributed by atoms with Crippen LogP contribution in [0.5, 0.6) is 0 Å². The summed E-state index contributed by atoms with van der Waals surface area (Å²) in [6, 6.07) is 0. The molecule has 0 spiro atoms. The van der Waals surface area contributed by atoms with Gasteiger partial charge in [0.15, 0.2) is 0 Å². The highest BCUT2D eigenvalue weighted by atomic mass is 19.3. The Morgan fingerprint density at radius 2 is 2.08 bits per heavy atom. The first kappa shape index (κ1) is 10.9. The molecule has 13 heavy (non-hydrogen) atoms. The molecule has 0 saturated carbocycles. The Morgan fingerprint density at radius 1 is 1.38 bits per heavy atom. The van der Waals surface area contributed by atoms with Crippen LogP contribution in [-0.2, 0) is 0 Å². The minimum absolute atomic E-state index is 0.00435. The van der Waals surface area contributed by atoms with Crippen LogP contribution >= 0.6 is 0 Å². The van der Waals surface area contributed by atoms with Gasteiger partial charge >= 0.3 is 0 Å². The first-order valence-corrected chi connectivity index (χ1v) is 5.11. The number of rotatable bonds is 2. The van der Waals surface area contributed by atoms with Crippen LogP contribution in [0.3, 0.4) is 0 Å². The van der Waals surface area contributed by atoms with Crippen molar-refractivity contribution in [1.82, 2.24) is 5.32 Å². The summed E-state index contributed by atoms with van der Waals surface area (Å²) in [5.41, 5.74) is 0. The Hall–Kier alpha value is -0.180.